The molecule has 1 heterocycles. The maximum absolute atomic E-state index is 11.8. The fraction of sp³-hybridized carbons (Fsp3) is 0.556. The summed E-state index contributed by atoms with van der Waals surface area (Å²) < 4.78 is 0. The van der Waals surface area contributed by atoms with Gasteiger partial charge >= 0.3 is 0 Å². The standard InChI is InChI=1S/C9H15N3O2/c1-7(2)12(3-4-13)9(14)8-5-10-11-6-8/h5-7,13H,3-4H2,1-2H3,(H,10,11). The van der Waals surface area contributed by atoms with Crippen LogP contribution in [0.15, 0.2) is 12.4 Å². The first-order chi connectivity index (χ1) is 6.66. The number of aromatic amines is 1. The van der Waals surface area contributed by atoms with Crippen molar-refractivity contribution in [3.05, 3.63) is 18.0 Å². The van der Waals surface area contributed by atoms with Crippen molar-refractivity contribution in [2.45, 2.75) is 19.9 Å². The summed E-state index contributed by atoms with van der Waals surface area (Å²) in [5.74, 6) is -0.109. The summed E-state index contributed by atoms with van der Waals surface area (Å²) in [7, 11) is 0. The second-order valence-electron chi connectivity index (χ2n) is 3.30. The number of H-pyrrole nitrogens is 1. The van der Waals surface area contributed by atoms with Gasteiger partial charge < -0.3 is 10.0 Å². The molecule has 0 aliphatic carbocycles. The zero-order chi connectivity index (χ0) is 10.6. The van der Waals surface area contributed by atoms with Gasteiger partial charge in [-0.3, -0.25) is 9.89 Å². The number of rotatable bonds is 4. The van der Waals surface area contributed by atoms with Crippen LogP contribution in [0.5, 0.6) is 0 Å². The molecule has 0 aliphatic rings. The summed E-state index contributed by atoms with van der Waals surface area (Å²) in [6, 6.07) is 0.0737. The van der Waals surface area contributed by atoms with Crippen LogP contribution in [0.4, 0.5) is 0 Å². The quantitative estimate of drug-likeness (QED) is 0.727. The van der Waals surface area contributed by atoms with Gasteiger partial charge in [-0.2, -0.15) is 5.10 Å². The SMILES string of the molecule is CC(C)N(CCO)C(=O)c1cn[nH]c1. The van der Waals surface area contributed by atoms with Gasteiger partial charge in [-0.15, -0.1) is 0 Å². The third-order valence-electron chi connectivity index (χ3n) is 1.97. The molecule has 2 N–H and O–H groups in total. The van der Waals surface area contributed by atoms with E-state index < -0.39 is 0 Å². The zero-order valence-electron chi connectivity index (χ0n) is 8.40. The van der Waals surface area contributed by atoms with E-state index in [2.05, 4.69) is 10.2 Å². The molecule has 5 nitrogen and oxygen atoms in total. The van der Waals surface area contributed by atoms with Crippen molar-refractivity contribution in [2.24, 2.45) is 0 Å². The lowest BCUT2D eigenvalue weighted by molar-refractivity contribution is 0.0665. The first-order valence-electron chi connectivity index (χ1n) is 4.57. The molecule has 0 aliphatic heterocycles. The second-order valence-corrected chi connectivity index (χ2v) is 3.30. The molecule has 0 unspecified atom stereocenters. The van der Waals surface area contributed by atoms with Crippen molar-refractivity contribution < 1.29 is 9.90 Å². The lowest BCUT2D eigenvalue weighted by Crippen LogP contribution is -2.38. The first-order valence-corrected chi connectivity index (χ1v) is 4.57. The minimum Gasteiger partial charge on any atom is -0.395 e. The number of carbonyl (C=O) groups excluding carboxylic acids is 1. The molecule has 0 atom stereocenters. The maximum Gasteiger partial charge on any atom is 0.257 e. The Balaban J connectivity index is 2.74. The topological polar surface area (TPSA) is 69.2 Å². The summed E-state index contributed by atoms with van der Waals surface area (Å²) in [6.07, 6.45) is 3.03. The highest BCUT2D eigenvalue weighted by Crippen LogP contribution is 2.05. The second kappa shape index (κ2) is 4.76. The van der Waals surface area contributed by atoms with Gasteiger partial charge in [0, 0.05) is 18.8 Å². The number of hydrogen-bond acceptors (Lipinski definition) is 3. The Labute approximate surface area is 82.7 Å². The van der Waals surface area contributed by atoms with Crippen LogP contribution in [-0.2, 0) is 0 Å². The Kier molecular flexibility index (Phi) is 3.64. The molecule has 14 heavy (non-hydrogen) atoms. The lowest BCUT2D eigenvalue weighted by atomic mass is 10.2. The van der Waals surface area contributed by atoms with Crippen molar-refractivity contribution >= 4 is 5.91 Å². The summed E-state index contributed by atoms with van der Waals surface area (Å²) in [4.78, 5) is 13.4. The largest absolute Gasteiger partial charge is 0.395 e. The number of aliphatic hydroxyl groups is 1. The molecule has 1 aromatic heterocycles. The zero-order valence-corrected chi connectivity index (χ0v) is 8.40. The smallest absolute Gasteiger partial charge is 0.257 e. The van der Waals surface area contributed by atoms with Crippen LogP contribution in [0.3, 0.4) is 0 Å². The van der Waals surface area contributed by atoms with E-state index in [0.717, 1.165) is 0 Å². The average molecular weight is 197 g/mol. The predicted molar refractivity (Wildman–Crippen MR) is 51.8 cm³/mol. The van der Waals surface area contributed by atoms with E-state index in [9.17, 15) is 4.79 Å². The third kappa shape index (κ3) is 2.32. The Morgan fingerprint density at radius 3 is 2.86 bits per heavy atom. The number of aliphatic hydroxyl groups excluding tert-OH is 1. The highest BCUT2D eigenvalue weighted by molar-refractivity contribution is 5.93. The van der Waals surface area contributed by atoms with Gasteiger partial charge in [0.25, 0.3) is 5.91 Å². The van der Waals surface area contributed by atoms with Crippen LogP contribution >= 0.6 is 0 Å². The first kappa shape index (κ1) is 10.7. The van der Waals surface area contributed by atoms with Crippen molar-refractivity contribution in [1.29, 1.82) is 0 Å². The normalized spacial score (nSPS) is 10.6. The van der Waals surface area contributed by atoms with E-state index in [1.54, 1.807) is 11.1 Å². The molecule has 5 heteroatoms. The lowest BCUT2D eigenvalue weighted by Gasteiger charge is -2.25. The number of hydrogen-bond donors (Lipinski definition) is 2. The third-order valence-corrected chi connectivity index (χ3v) is 1.97. The fourth-order valence-corrected chi connectivity index (χ4v) is 1.24. The minimum absolute atomic E-state index is 0.0260. The van der Waals surface area contributed by atoms with Crippen molar-refractivity contribution in [2.75, 3.05) is 13.2 Å². The van der Waals surface area contributed by atoms with Crippen LogP contribution in [0.25, 0.3) is 0 Å². The number of aromatic nitrogens is 2. The van der Waals surface area contributed by atoms with Crippen LogP contribution in [0, 0.1) is 0 Å². The van der Waals surface area contributed by atoms with E-state index >= 15 is 0 Å². The number of amides is 1. The van der Waals surface area contributed by atoms with E-state index in [4.69, 9.17) is 5.11 Å². The summed E-state index contributed by atoms with van der Waals surface area (Å²) in [5, 5.41) is 15.1. The van der Waals surface area contributed by atoms with Crippen LogP contribution in [0.1, 0.15) is 24.2 Å². The summed E-state index contributed by atoms with van der Waals surface area (Å²) in [5.41, 5.74) is 0.521. The van der Waals surface area contributed by atoms with Crippen LogP contribution < -0.4 is 0 Å². The Bertz CT molecular complexity index is 282. The molecule has 0 aromatic carbocycles. The minimum atomic E-state index is -0.109. The van der Waals surface area contributed by atoms with E-state index in [0.29, 0.717) is 12.1 Å². The molecular weight excluding hydrogens is 182 g/mol. The van der Waals surface area contributed by atoms with Gasteiger partial charge in [0.2, 0.25) is 0 Å². The Morgan fingerprint density at radius 2 is 2.43 bits per heavy atom. The number of nitrogens with one attached hydrogen (secondary N) is 1. The summed E-state index contributed by atoms with van der Waals surface area (Å²) in [6.45, 7) is 4.14. The molecule has 0 spiro atoms. The predicted octanol–water partition coefficient (Wildman–Crippen LogP) is 0.253. The molecule has 1 aromatic rings. The maximum atomic E-state index is 11.8. The van der Waals surface area contributed by atoms with Crippen molar-refractivity contribution in [3.63, 3.8) is 0 Å². The van der Waals surface area contributed by atoms with Gasteiger partial charge in [0.15, 0.2) is 0 Å². The van der Waals surface area contributed by atoms with Gasteiger partial charge in [0.05, 0.1) is 18.4 Å². The van der Waals surface area contributed by atoms with Crippen molar-refractivity contribution in [1.82, 2.24) is 15.1 Å². The fourth-order valence-electron chi connectivity index (χ4n) is 1.24. The Hall–Kier alpha value is -1.36. The number of nitrogens with zero attached hydrogens (tertiary/aromatic N) is 2. The molecule has 0 saturated carbocycles. The molecule has 0 bridgehead atoms. The van der Waals surface area contributed by atoms with Gasteiger partial charge in [-0.1, -0.05) is 0 Å². The highest BCUT2D eigenvalue weighted by Gasteiger charge is 2.18. The Morgan fingerprint density at radius 1 is 1.71 bits per heavy atom. The molecule has 0 radical (unpaired) electrons. The number of carbonyl (C=O) groups is 1. The van der Waals surface area contributed by atoms with E-state index in [1.165, 1.54) is 6.20 Å². The van der Waals surface area contributed by atoms with Crippen LogP contribution in [0.2, 0.25) is 0 Å². The highest BCUT2D eigenvalue weighted by atomic mass is 16.3. The van der Waals surface area contributed by atoms with Gasteiger partial charge in [0.1, 0.15) is 0 Å². The molecule has 78 valence electrons. The molecule has 1 amide bonds. The summed E-state index contributed by atoms with van der Waals surface area (Å²) >= 11 is 0. The van der Waals surface area contributed by atoms with Crippen molar-refractivity contribution in [3.8, 4) is 0 Å². The molecule has 0 saturated heterocycles. The monoisotopic (exact) mass is 197 g/mol. The molecular formula is C9H15N3O2. The van der Waals surface area contributed by atoms with E-state index in [-0.39, 0.29) is 18.6 Å². The van der Waals surface area contributed by atoms with Gasteiger partial charge in [-0.05, 0) is 13.8 Å². The molecule has 1 rings (SSSR count). The average Bonchev–Trinajstić information content (AvgIpc) is 2.65. The molecule has 0 fully saturated rings. The van der Waals surface area contributed by atoms with Crippen LogP contribution in [-0.4, -0.2) is 45.3 Å². The van der Waals surface area contributed by atoms with E-state index in [1.807, 2.05) is 13.8 Å². The van der Waals surface area contributed by atoms with Gasteiger partial charge in [-0.25, -0.2) is 0 Å².